The molecule has 0 saturated heterocycles. The smallest absolute Gasteiger partial charge is 0.492 e. The molecule has 0 atom stereocenters. The predicted octanol–water partition coefficient (Wildman–Crippen LogP) is 2.77. The Balaban J connectivity index is 3.29. The molecule has 0 aliphatic carbocycles. The van der Waals surface area contributed by atoms with E-state index in [9.17, 15) is 18.0 Å². The molecule has 0 saturated carbocycles. The van der Waals surface area contributed by atoms with Crippen molar-refractivity contribution in [3.8, 4) is 11.5 Å². The van der Waals surface area contributed by atoms with E-state index in [1.165, 1.54) is 0 Å². The lowest BCUT2D eigenvalue weighted by Gasteiger charge is -2.15. The SMILES string of the molecule is CCOC(=O)c1cnc(I)c(OC(F)(F)F)c1OC. The molecule has 1 heterocycles. The monoisotopic (exact) mass is 391 g/mol. The first-order valence-electron chi connectivity index (χ1n) is 4.95. The van der Waals surface area contributed by atoms with Crippen molar-refractivity contribution < 1.29 is 32.2 Å². The number of methoxy groups -OCH3 is 1. The van der Waals surface area contributed by atoms with Crippen molar-refractivity contribution in [2.45, 2.75) is 13.3 Å². The number of aromatic nitrogens is 1. The number of carbonyl (C=O) groups is 1. The molecule has 0 radical (unpaired) electrons. The third kappa shape index (κ3) is 4.11. The third-order valence-electron chi connectivity index (χ3n) is 1.86. The molecule has 0 bridgehead atoms. The zero-order valence-corrected chi connectivity index (χ0v) is 12.0. The number of alkyl halides is 3. The number of ether oxygens (including phenoxy) is 3. The standard InChI is InChI=1S/C10H9F3INO4/c1-3-18-9(16)5-4-15-8(14)7(6(5)17-2)19-10(11,12)13/h4H,3H2,1-2H3. The van der Waals surface area contributed by atoms with Crippen molar-refractivity contribution in [3.05, 3.63) is 15.5 Å². The Morgan fingerprint density at radius 2 is 2.05 bits per heavy atom. The van der Waals surface area contributed by atoms with Gasteiger partial charge in [-0.25, -0.2) is 9.78 Å². The molecule has 0 aliphatic rings. The van der Waals surface area contributed by atoms with Crippen LogP contribution in [0.4, 0.5) is 13.2 Å². The maximum absolute atomic E-state index is 12.3. The van der Waals surface area contributed by atoms with Gasteiger partial charge in [-0.2, -0.15) is 0 Å². The van der Waals surface area contributed by atoms with Crippen LogP contribution in [0.25, 0.3) is 0 Å². The van der Waals surface area contributed by atoms with Gasteiger partial charge in [0.25, 0.3) is 0 Å². The first kappa shape index (κ1) is 15.8. The summed E-state index contributed by atoms with van der Waals surface area (Å²) in [5, 5.41) is 0. The van der Waals surface area contributed by atoms with E-state index in [0.29, 0.717) is 0 Å². The lowest BCUT2D eigenvalue weighted by Crippen LogP contribution is -2.20. The van der Waals surface area contributed by atoms with Crippen molar-refractivity contribution in [1.82, 2.24) is 4.98 Å². The summed E-state index contributed by atoms with van der Waals surface area (Å²) in [5.74, 6) is -1.87. The molecule has 0 spiro atoms. The van der Waals surface area contributed by atoms with Crippen LogP contribution < -0.4 is 9.47 Å². The average molecular weight is 391 g/mol. The van der Waals surface area contributed by atoms with Crippen molar-refractivity contribution >= 4 is 28.6 Å². The minimum Gasteiger partial charge on any atom is -0.492 e. The first-order chi connectivity index (χ1) is 8.80. The highest BCUT2D eigenvalue weighted by Crippen LogP contribution is 2.38. The fourth-order valence-corrected chi connectivity index (χ4v) is 1.71. The van der Waals surface area contributed by atoms with Crippen LogP contribution >= 0.6 is 22.6 Å². The lowest BCUT2D eigenvalue weighted by molar-refractivity contribution is -0.275. The number of rotatable bonds is 4. The zero-order valence-electron chi connectivity index (χ0n) is 9.88. The van der Waals surface area contributed by atoms with E-state index >= 15 is 0 Å². The molecule has 0 aliphatic heterocycles. The van der Waals surface area contributed by atoms with Gasteiger partial charge >= 0.3 is 12.3 Å². The number of esters is 1. The minimum atomic E-state index is -4.91. The van der Waals surface area contributed by atoms with Gasteiger partial charge in [0.05, 0.1) is 13.7 Å². The summed E-state index contributed by atoms with van der Waals surface area (Å²) in [4.78, 5) is 15.2. The molecule has 0 aromatic carbocycles. The van der Waals surface area contributed by atoms with Gasteiger partial charge in [0, 0.05) is 6.20 Å². The van der Waals surface area contributed by atoms with Crippen molar-refractivity contribution in [2.24, 2.45) is 0 Å². The van der Waals surface area contributed by atoms with Crippen LogP contribution in [0.15, 0.2) is 6.20 Å². The quantitative estimate of drug-likeness (QED) is 0.449. The Bertz CT molecular complexity index is 479. The van der Waals surface area contributed by atoms with Crippen molar-refractivity contribution in [2.75, 3.05) is 13.7 Å². The van der Waals surface area contributed by atoms with Gasteiger partial charge in [0.1, 0.15) is 9.26 Å². The molecule has 0 amide bonds. The highest BCUT2D eigenvalue weighted by Gasteiger charge is 2.35. The van der Waals surface area contributed by atoms with Crippen LogP contribution in [0.3, 0.4) is 0 Å². The van der Waals surface area contributed by atoms with E-state index < -0.39 is 18.1 Å². The number of carbonyl (C=O) groups excluding carboxylic acids is 1. The van der Waals surface area contributed by atoms with E-state index in [2.05, 4.69) is 9.72 Å². The number of hydrogen-bond acceptors (Lipinski definition) is 5. The Morgan fingerprint density at radius 3 is 2.53 bits per heavy atom. The summed E-state index contributed by atoms with van der Waals surface area (Å²) in [6.45, 7) is 1.64. The number of nitrogens with zero attached hydrogens (tertiary/aromatic N) is 1. The molecule has 0 fully saturated rings. The zero-order chi connectivity index (χ0) is 14.6. The van der Waals surface area contributed by atoms with Gasteiger partial charge in [-0.05, 0) is 29.5 Å². The van der Waals surface area contributed by atoms with Crippen LogP contribution in [-0.2, 0) is 4.74 Å². The number of halogens is 4. The molecule has 9 heteroatoms. The van der Waals surface area contributed by atoms with Gasteiger partial charge in [-0.3, -0.25) is 0 Å². The summed E-state index contributed by atoms with van der Waals surface area (Å²) < 4.78 is 50.1. The van der Waals surface area contributed by atoms with Crippen LogP contribution in [0.1, 0.15) is 17.3 Å². The Hall–Kier alpha value is -1.26. The van der Waals surface area contributed by atoms with Gasteiger partial charge in [0.2, 0.25) is 5.75 Å². The van der Waals surface area contributed by atoms with Crippen LogP contribution in [0, 0.1) is 3.70 Å². The normalized spacial score (nSPS) is 11.1. The summed E-state index contributed by atoms with van der Waals surface area (Å²) in [5.41, 5.74) is -0.232. The van der Waals surface area contributed by atoms with E-state index in [-0.39, 0.29) is 21.6 Å². The predicted molar refractivity (Wildman–Crippen MR) is 66.1 cm³/mol. The second-order valence-electron chi connectivity index (χ2n) is 3.09. The third-order valence-corrected chi connectivity index (χ3v) is 2.63. The molecule has 1 rings (SSSR count). The second-order valence-corrected chi connectivity index (χ2v) is 4.12. The summed E-state index contributed by atoms with van der Waals surface area (Å²) in [7, 11) is 1.12. The highest BCUT2D eigenvalue weighted by atomic mass is 127. The van der Waals surface area contributed by atoms with Crippen LogP contribution in [0.2, 0.25) is 0 Å². The average Bonchev–Trinajstić information content (AvgIpc) is 2.30. The Kier molecular flexibility index (Phi) is 5.20. The van der Waals surface area contributed by atoms with E-state index in [1.807, 2.05) is 0 Å². The molecule has 0 unspecified atom stereocenters. The van der Waals surface area contributed by atoms with E-state index in [0.717, 1.165) is 13.3 Å². The second kappa shape index (κ2) is 6.26. The molecule has 1 aromatic rings. The molecule has 106 valence electrons. The van der Waals surface area contributed by atoms with Crippen LogP contribution in [-0.4, -0.2) is 31.0 Å². The molecule has 5 nitrogen and oxygen atoms in total. The Labute approximate surface area is 120 Å². The Morgan fingerprint density at radius 1 is 1.42 bits per heavy atom. The van der Waals surface area contributed by atoms with Crippen molar-refractivity contribution in [1.29, 1.82) is 0 Å². The minimum absolute atomic E-state index is 0.0729. The van der Waals surface area contributed by atoms with Crippen molar-refractivity contribution in [3.63, 3.8) is 0 Å². The van der Waals surface area contributed by atoms with Crippen LogP contribution in [0.5, 0.6) is 11.5 Å². The fraction of sp³-hybridized carbons (Fsp3) is 0.400. The summed E-state index contributed by atoms with van der Waals surface area (Å²) in [6, 6.07) is 0. The molecular weight excluding hydrogens is 382 g/mol. The largest absolute Gasteiger partial charge is 0.573 e. The maximum Gasteiger partial charge on any atom is 0.573 e. The molecular formula is C10H9F3INO4. The molecule has 19 heavy (non-hydrogen) atoms. The summed E-state index contributed by atoms with van der Waals surface area (Å²) in [6.07, 6.45) is -3.84. The first-order valence-corrected chi connectivity index (χ1v) is 6.03. The number of pyridine rings is 1. The van der Waals surface area contributed by atoms with Gasteiger partial charge < -0.3 is 14.2 Å². The molecule has 1 aromatic heterocycles. The van der Waals surface area contributed by atoms with E-state index in [4.69, 9.17) is 9.47 Å². The van der Waals surface area contributed by atoms with Gasteiger partial charge in [0.15, 0.2) is 5.75 Å². The van der Waals surface area contributed by atoms with Gasteiger partial charge in [-0.15, -0.1) is 13.2 Å². The molecule has 0 N–H and O–H groups in total. The van der Waals surface area contributed by atoms with E-state index in [1.54, 1.807) is 29.5 Å². The summed E-state index contributed by atoms with van der Waals surface area (Å²) >= 11 is 1.54. The van der Waals surface area contributed by atoms with Gasteiger partial charge in [-0.1, -0.05) is 0 Å². The maximum atomic E-state index is 12.3. The highest BCUT2D eigenvalue weighted by molar-refractivity contribution is 14.1. The topological polar surface area (TPSA) is 57.7 Å². The number of hydrogen-bond donors (Lipinski definition) is 0. The fourth-order valence-electron chi connectivity index (χ4n) is 1.22. The lowest BCUT2D eigenvalue weighted by atomic mass is 10.2.